The van der Waals surface area contributed by atoms with E-state index in [-0.39, 0.29) is 0 Å². The van der Waals surface area contributed by atoms with E-state index in [9.17, 15) is 0 Å². The van der Waals surface area contributed by atoms with Gasteiger partial charge in [0.2, 0.25) is 0 Å². The molecule has 0 fully saturated rings. The van der Waals surface area contributed by atoms with Gasteiger partial charge < -0.3 is 0 Å². The van der Waals surface area contributed by atoms with Gasteiger partial charge in [0.05, 0.1) is 11.4 Å². The van der Waals surface area contributed by atoms with E-state index in [0.717, 1.165) is 21.6 Å². The first-order valence-corrected chi connectivity index (χ1v) is 5.91. The summed E-state index contributed by atoms with van der Waals surface area (Å²) in [7, 11) is 0. The van der Waals surface area contributed by atoms with Crippen molar-refractivity contribution in [2.24, 2.45) is 0 Å². The van der Waals surface area contributed by atoms with E-state index in [1.165, 1.54) is 0 Å². The Balaban J connectivity index is 2.44. The first kappa shape index (κ1) is 10.6. The summed E-state index contributed by atoms with van der Waals surface area (Å²) in [5.74, 6) is 1.30. The van der Waals surface area contributed by atoms with Crippen LogP contribution in [0.1, 0.15) is 5.82 Å². The maximum atomic E-state index is 4.39. The lowest BCUT2D eigenvalue weighted by atomic mass is 10.1. The molecule has 1 aromatic heterocycles. The van der Waals surface area contributed by atoms with Crippen molar-refractivity contribution in [1.82, 2.24) is 9.97 Å². The lowest BCUT2D eigenvalue weighted by Gasteiger charge is -2.02. The van der Waals surface area contributed by atoms with Crippen LogP contribution in [-0.2, 0) is 5.75 Å². The van der Waals surface area contributed by atoms with Gasteiger partial charge in [-0.15, -0.1) is 0 Å². The lowest BCUT2D eigenvalue weighted by Crippen LogP contribution is -1.92. The third kappa shape index (κ3) is 2.58. The van der Waals surface area contributed by atoms with E-state index in [2.05, 4.69) is 38.5 Å². The molecule has 15 heavy (non-hydrogen) atoms. The van der Waals surface area contributed by atoms with E-state index < -0.39 is 0 Å². The third-order valence-corrected chi connectivity index (χ3v) is 2.74. The van der Waals surface area contributed by atoms with Gasteiger partial charge >= 0.3 is 0 Å². The largest absolute Gasteiger partial charge is 0.240 e. The molecule has 0 unspecified atom stereocenters. The minimum atomic E-state index is 0.557. The molecule has 2 nitrogen and oxygen atoms in total. The number of thiol groups is 1. The van der Waals surface area contributed by atoms with E-state index in [1.807, 2.05) is 30.3 Å². The fourth-order valence-corrected chi connectivity index (χ4v) is 1.84. The minimum absolute atomic E-state index is 0.557. The molecule has 0 spiro atoms. The van der Waals surface area contributed by atoms with Crippen molar-refractivity contribution in [2.75, 3.05) is 0 Å². The number of hydrogen-bond acceptors (Lipinski definition) is 3. The number of benzene rings is 1. The summed E-state index contributed by atoms with van der Waals surface area (Å²) in [6.07, 6.45) is 1.76. The fraction of sp³-hybridized carbons (Fsp3) is 0.0909. The molecule has 0 aliphatic carbocycles. The molecule has 4 heteroatoms. The van der Waals surface area contributed by atoms with Gasteiger partial charge in [0, 0.05) is 16.2 Å². The van der Waals surface area contributed by atoms with Crippen molar-refractivity contribution >= 4 is 28.6 Å². The van der Waals surface area contributed by atoms with Crippen LogP contribution >= 0.6 is 28.6 Å². The summed E-state index contributed by atoms with van der Waals surface area (Å²) in [6, 6.07) is 9.93. The van der Waals surface area contributed by atoms with Gasteiger partial charge in [-0.2, -0.15) is 12.6 Å². The van der Waals surface area contributed by atoms with Crippen molar-refractivity contribution in [3.05, 3.63) is 46.8 Å². The monoisotopic (exact) mass is 280 g/mol. The number of rotatable bonds is 2. The Morgan fingerprint density at radius 2 is 2.13 bits per heavy atom. The smallest absolute Gasteiger partial charge is 0.138 e. The standard InChI is InChI=1S/C11H9BrN2S/c12-9-3-1-2-8(6-9)10-4-5-13-11(7-15)14-10/h1-6,15H,7H2. The lowest BCUT2D eigenvalue weighted by molar-refractivity contribution is 1.04. The zero-order valence-electron chi connectivity index (χ0n) is 7.89. The highest BCUT2D eigenvalue weighted by molar-refractivity contribution is 9.10. The van der Waals surface area contributed by atoms with Gasteiger partial charge in [0.15, 0.2) is 0 Å². The summed E-state index contributed by atoms with van der Waals surface area (Å²) in [4.78, 5) is 8.50. The van der Waals surface area contributed by atoms with Crippen LogP contribution in [0.2, 0.25) is 0 Å². The Hall–Kier alpha value is -0.870. The predicted octanol–water partition coefficient (Wildman–Crippen LogP) is 3.34. The highest BCUT2D eigenvalue weighted by Crippen LogP contribution is 2.20. The van der Waals surface area contributed by atoms with Crippen LogP contribution in [0.25, 0.3) is 11.3 Å². The predicted molar refractivity (Wildman–Crippen MR) is 67.9 cm³/mol. The molecular formula is C11H9BrN2S. The van der Waals surface area contributed by atoms with Crippen molar-refractivity contribution < 1.29 is 0 Å². The van der Waals surface area contributed by atoms with Crippen molar-refractivity contribution in [3.63, 3.8) is 0 Å². The molecular weight excluding hydrogens is 272 g/mol. The molecule has 0 bridgehead atoms. The molecule has 2 aromatic rings. The van der Waals surface area contributed by atoms with Crippen LogP contribution < -0.4 is 0 Å². The molecule has 0 saturated carbocycles. The van der Waals surface area contributed by atoms with Crippen LogP contribution in [0.3, 0.4) is 0 Å². The molecule has 0 atom stereocenters. The molecule has 1 heterocycles. The van der Waals surface area contributed by atoms with Crippen LogP contribution in [0.5, 0.6) is 0 Å². The molecule has 2 rings (SSSR count). The zero-order valence-corrected chi connectivity index (χ0v) is 10.4. The first-order valence-electron chi connectivity index (χ1n) is 4.48. The average Bonchev–Trinajstić information content (AvgIpc) is 2.29. The Morgan fingerprint density at radius 3 is 2.87 bits per heavy atom. The third-order valence-electron chi connectivity index (χ3n) is 1.97. The Morgan fingerprint density at radius 1 is 1.27 bits per heavy atom. The highest BCUT2D eigenvalue weighted by Gasteiger charge is 2.01. The Bertz CT molecular complexity index is 474. The second-order valence-corrected chi connectivity index (χ2v) is 4.26. The van der Waals surface area contributed by atoms with Gasteiger partial charge in [-0.3, -0.25) is 0 Å². The van der Waals surface area contributed by atoms with Crippen LogP contribution in [-0.4, -0.2) is 9.97 Å². The second-order valence-electron chi connectivity index (χ2n) is 3.03. The summed E-state index contributed by atoms with van der Waals surface area (Å²) < 4.78 is 1.05. The molecule has 0 aliphatic heterocycles. The van der Waals surface area contributed by atoms with Crippen molar-refractivity contribution in [3.8, 4) is 11.3 Å². The summed E-state index contributed by atoms with van der Waals surface area (Å²) in [5, 5.41) is 0. The van der Waals surface area contributed by atoms with Crippen LogP contribution in [0.15, 0.2) is 41.0 Å². The van der Waals surface area contributed by atoms with E-state index in [4.69, 9.17) is 0 Å². The normalized spacial score (nSPS) is 10.3. The SMILES string of the molecule is SCc1nccc(-c2cccc(Br)c2)n1. The Kier molecular flexibility index (Phi) is 3.38. The van der Waals surface area contributed by atoms with Crippen LogP contribution in [0, 0.1) is 0 Å². The summed E-state index contributed by atoms with van der Waals surface area (Å²) in [5.41, 5.74) is 2.00. The molecule has 0 saturated heterocycles. The molecule has 0 radical (unpaired) electrons. The number of aromatic nitrogens is 2. The Labute approximate surface area is 102 Å². The maximum absolute atomic E-state index is 4.39. The number of halogens is 1. The van der Waals surface area contributed by atoms with Gasteiger partial charge in [0.25, 0.3) is 0 Å². The number of hydrogen-bond donors (Lipinski definition) is 1. The average molecular weight is 281 g/mol. The van der Waals surface area contributed by atoms with Crippen LogP contribution in [0.4, 0.5) is 0 Å². The number of nitrogens with zero attached hydrogens (tertiary/aromatic N) is 2. The van der Waals surface area contributed by atoms with Gasteiger partial charge in [-0.1, -0.05) is 28.1 Å². The van der Waals surface area contributed by atoms with Gasteiger partial charge in [0.1, 0.15) is 5.82 Å². The minimum Gasteiger partial charge on any atom is -0.240 e. The van der Waals surface area contributed by atoms with E-state index in [1.54, 1.807) is 6.20 Å². The topological polar surface area (TPSA) is 25.8 Å². The van der Waals surface area contributed by atoms with Gasteiger partial charge in [-0.25, -0.2) is 9.97 Å². The highest BCUT2D eigenvalue weighted by atomic mass is 79.9. The maximum Gasteiger partial charge on any atom is 0.138 e. The molecule has 1 aromatic carbocycles. The molecule has 0 amide bonds. The summed E-state index contributed by atoms with van der Waals surface area (Å²) >= 11 is 7.59. The van der Waals surface area contributed by atoms with Gasteiger partial charge in [-0.05, 0) is 18.2 Å². The van der Waals surface area contributed by atoms with E-state index >= 15 is 0 Å². The quantitative estimate of drug-likeness (QED) is 0.854. The molecule has 0 aliphatic rings. The molecule has 76 valence electrons. The van der Waals surface area contributed by atoms with Crippen molar-refractivity contribution in [1.29, 1.82) is 0 Å². The second kappa shape index (κ2) is 4.77. The summed E-state index contributed by atoms with van der Waals surface area (Å²) in [6.45, 7) is 0. The van der Waals surface area contributed by atoms with E-state index in [0.29, 0.717) is 5.75 Å². The molecule has 0 N–H and O–H groups in total. The zero-order chi connectivity index (χ0) is 10.7. The van der Waals surface area contributed by atoms with Crippen molar-refractivity contribution in [2.45, 2.75) is 5.75 Å². The fourth-order valence-electron chi connectivity index (χ4n) is 1.28. The first-order chi connectivity index (χ1) is 7.29.